The topological polar surface area (TPSA) is 42.5 Å². The van der Waals surface area contributed by atoms with E-state index in [-0.39, 0.29) is 5.97 Å². The second-order valence-corrected chi connectivity index (χ2v) is 3.43. The van der Waals surface area contributed by atoms with Crippen molar-refractivity contribution in [3.05, 3.63) is 30.6 Å². The number of aromatic nitrogens is 1. The molecule has 0 radical (unpaired) electrons. The van der Waals surface area contributed by atoms with Crippen molar-refractivity contribution in [2.75, 3.05) is 12.4 Å². The van der Waals surface area contributed by atoms with E-state index >= 15 is 0 Å². The van der Waals surface area contributed by atoms with Crippen LogP contribution in [-0.4, -0.2) is 23.9 Å². The van der Waals surface area contributed by atoms with Crippen molar-refractivity contribution in [3.8, 4) is 0 Å². The van der Waals surface area contributed by atoms with Crippen molar-refractivity contribution in [1.82, 2.24) is 0 Å². The number of nitrogens with zero attached hydrogens (tertiary/aromatic N) is 2. The van der Waals surface area contributed by atoms with Gasteiger partial charge in [0.2, 0.25) is 12.4 Å². The number of carbonyl (C=O) groups excluding carboxylic acids is 1. The molecule has 0 spiro atoms. The number of pyridine rings is 1. The molecule has 1 aromatic heterocycles. The van der Waals surface area contributed by atoms with Gasteiger partial charge in [0.05, 0.1) is 12.4 Å². The van der Waals surface area contributed by atoms with E-state index in [1.165, 1.54) is 11.8 Å². The van der Waals surface area contributed by atoms with Crippen LogP contribution in [-0.2, 0) is 9.53 Å². The molecule has 1 heterocycles. The average molecular weight is 225 g/mol. The Bertz CT molecular complexity index is 327. The van der Waals surface area contributed by atoms with E-state index in [0.717, 1.165) is 0 Å². The third-order valence-electron chi connectivity index (χ3n) is 1.46. The Morgan fingerprint density at radius 2 is 2.20 bits per heavy atom. The normalized spacial score (nSPS) is 10.5. The Morgan fingerprint density at radius 1 is 1.47 bits per heavy atom. The molecule has 0 atom stereocenters. The molecule has 1 aromatic rings. The van der Waals surface area contributed by atoms with Gasteiger partial charge in [0.25, 0.3) is 0 Å². The van der Waals surface area contributed by atoms with Crippen LogP contribution in [0.3, 0.4) is 0 Å². The van der Waals surface area contributed by atoms with E-state index in [4.69, 9.17) is 4.74 Å². The molecule has 0 aliphatic heterocycles. The SMILES string of the molecule is CCOC(=O)CS/C=N/[n+]1ccccc1. The van der Waals surface area contributed by atoms with E-state index in [2.05, 4.69) is 5.10 Å². The maximum Gasteiger partial charge on any atom is 0.316 e. The minimum absolute atomic E-state index is 0.216. The summed E-state index contributed by atoms with van der Waals surface area (Å²) in [4.78, 5) is 10.9. The summed E-state index contributed by atoms with van der Waals surface area (Å²) in [6, 6.07) is 5.68. The Kier molecular flexibility index (Phi) is 5.47. The highest BCUT2D eigenvalue weighted by Crippen LogP contribution is 1.95. The molecule has 80 valence electrons. The predicted octanol–water partition coefficient (Wildman–Crippen LogP) is 1.06. The lowest BCUT2D eigenvalue weighted by atomic mass is 10.5. The third-order valence-corrected chi connectivity index (χ3v) is 2.11. The fourth-order valence-corrected chi connectivity index (χ4v) is 1.33. The Labute approximate surface area is 92.9 Å². The second kappa shape index (κ2) is 7.00. The molecule has 0 bridgehead atoms. The fourth-order valence-electron chi connectivity index (χ4n) is 0.862. The predicted molar refractivity (Wildman–Crippen MR) is 59.6 cm³/mol. The van der Waals surface area contributed by atoms with Crippen LogP contribution in [0.5, 0.6) is 0 Å². The molecule has 5 heteroatoms. The molecule has 0 aliphatic carbocycles. The minimum atomic E-state index is -0.216. The van der Waals surface area contributed by atoms with Gasteiger partial charge >= 0.3 is 5.97 Å². The highest BCUT2D eigenvalue weighted by molar-refractivity contribution is 8.12. The third kappa shape index (κ3) is 5.17. The summed E-state index contributed by atoms with van der Waals surface area (Å²) in [5, 5.41) is 4.09. The van der Waals surface area contributed by atoms with Gasteiger partial charge in [-0.25, -0.2) is 0 Å². The lowest BCUT2D eigenvalue weighted by molar-refractivity contribution is -0.678. The van der Waals surface area contributed by atoms with Crippen molar-refractivity contribution in [2.24, 2.45) is 5.10 Å². The van der Waals surface area contributed by atoms with Gasteiger partial charge in [-0.1, -0.05) is 22.5 Å². The number of rotatable bonds is 5. The summed E-state index contributed by atoms with van der Waals surface area (Å²) in [6.45, 7) is 2.21. The zero-order chi connectivity index (χ0) is 10.9. The minimum Gasteiger partial charge on any atom is -0.465 e. The summed E-state index contributed by atoms with van der Waals surface area (Å²) >= 11 is 1.31. The van der Waals surface area contributed by atoms with E-state index in [1.807, 2.05) is 30.6 Å². The maximum absolute atomic E-state index is 10.9. The van der Waals surface area contributed by atoms with Gasteiger partial charge in [-0.05, 0) is 6.92 Å². The summed E-state index contributed by atoms with van der Waals surface area (Å²) in [5.74, 6) is 0.0806. The molecular formula is C10H13N2O2S+. The van der Waals surface area contributed by atoms with Gasteiger partial charge in [-0.3, -0.25) is 4.79 Å². The van der Waals surface area contributed by atoms with E-state index in [0.29, 0.717) is 12.4 Å². The van der Waals surface area contributed by atoms with Gasteiger partial charge in [0.1, 0.15) is 5.55 Å². The molecule has 0 saturated heterocycles. The Morgan fingerprint density at radius 3 is 2.87 bits per heavy atom. The van der Waals surface area contributed by atoms with Gasteiger partial charge in [-0.2, -0.15) is 0 Å². The molecule has 4 nitrogen and oxygen atoms in total. The lowest BCUT2D eigenvalue weighted by Crippen LogP contribution is -2.25. The van der Waals surface area contributed by atoms with Crippen LogP contribution >= 0.6 is 11.8 Å². The zero-order valence-corrected chi connectivity index (χ0v) is 9.31. The van der Waals surface area contributed by atoms with Crippen molar-refractivity contribution in [1.29, 1.82) is 0 Å². The first-order valence-electron chi connectivity index (χ1n) is 4.59. The zero-order valence-electron chi connectivity index (χ0n) is 8.50. The number of hydrogen-bond donors (Lipinski definition) is 0. The molecule has 0 N–H and O–H groups in total. The van der Waals surface area contributed by atoms with Gasteiger partial charge < -0.3 is 4.74 Å². The molecule has 1 rings (SSSR count). The van der Waals surface area contributed by atoms with Crippen molar-refractivity contribution in [3.63, 3.8) is 0 Å². The molecule has 0 aromatic carbocycles. The first kappa shape index (κ1) is 11.7. The first-order valence-corrected chi connectivity index (χ1v) is 5.64. The number of carbonyl (C=O) groups is 1. The molecule has 0 saturated carbocycles. The van der Waals surface area contributed by atoms with Gasteiger partial charge in [0.15, 0.2) is 0 Å². The van der Waals surface area contributed by atoms with Crippen LogP contribution in [0.25, 0.3) is 0 Å². The number of esters is 1. The lowest BCUT2D eigenvalue weighted by Gasteiger charge is -1.96. The highest BCUT2D eigenvalue weighted by atomic mass is 32.2. The quantitative estimate of drug-likeness (QED) is 0.326. The molecule has 15 heavy (non-hydrogen) atoms. The second-order valence-electron chi connectivity index (χ2n) is 2.59. The van der Waals surface area contributed by atoms with Gasteiger partial charge in [0, 0.05) is 17.2 Å². The maximum atomic E-state index is 10.9. The molecular weight excluding hydrogens is 212 g/mol. The van der Waals surface area contributed by atoms with Crippen LogP contribution in [0, 0.1) is 0 Å². The average Bonchev–Trinajstić information content (AvgIpc) is 2.26. The van der Waals surface area contributed by atoms with E-state index in [1.54, 1.807) is 17.1 Å². The van der Waals surface area contributed by atoms with Crippen LogP contribution in [0.15, 0.2) is 35.7 Å². The van der Waals surface area contributed by atoms with E-state index in [9.17, 15) is 4.79 Å². The van der Waals surface area contributed by atoms with Crippen molar-refractivity contribution >= 4 is 23.3 Å². The highest BCUT2D eigenvalue weighted by Gasteiger charge is 1.99. The standard InChI is InChI=1S/C10H13N2O2S/c1-2-14-10(13)8-15-9-11-12-6-4-3-5-7-12/h3-7,9H,2,8H2,1H3/q+1/b11-9+. The summed E-state index contributed by atoms with van der Waals surface area (Å²) in [7, 11) is 0. The Balaban J connectivity index is 2.26. The monoisotopic (exact) mass is 225 g/mol. The number of hydrogen-bond acceptors (Lipinski definition) is 4. The molecule has 0 aliphatic rings. The van der Waals surface area contributed by atoms with Crippen molar-refractivity contribution < 1.29 is 14.2 Å². The molecule has 0 unspecified atom stereocenters. The van der Waals surface area contributed by atoms with E-state index < -0.39 is 0 Å². The van der Waals surface area contributed by atoms with Crippen LogP contribution in [0.2, 0.25) is 0 Å². The Hall–Kier alpha value is -1.36. The largest absolute Gasteiger partial charge is 0.465 e. The molecule has 0 fully saturated rings. The fraction of sp³-hybridized carbons (Fsp3) is 0.300. The van der Waals surface area contributed by atoms with Gasteiger partial charge in [-0.15, -0.1) is 0 Å². The number of ether oxygens (including phenoxy) is 1. The smallest absolute Gasteiger partial charge is 0.316 e. The van der Waals surface area contributed by atoms with Crippen molar-refractivity contribution in [2.45, 2.75) is 6.92 Å². The molecule has 0 amide bonds. The summed E-state index contributed by atoms with van der Waals surface area (Å²) in [5.41, 5.74) is 1.62. The number of thioether (sulfide) groups is 1. The van der Waals surface area contributed by atoms with Crippen LogP contribution < -0.4 is 4.68 Å². The summed E-state index contributed by atoms with van der Waals surface area (Å²) < 4.78 is 6.43. The van der Waals surface area contributed by atoms with Crippen LogP contribution in [0.4, 0.5) is 0 Å². The first-order chi connectivity index (χ1) is 7.33. The van der Waals surface area contributed by atoms with Crippen LogP contribution in [0.1, 0.15) is 6.92 Å². The summed E-state index contributed by atoms with van der Waals surface area (Å²) in [6.07, 6.45) is 3.64.